The Kier molecular flexibility index (Phi) is 4.80. The highest BCUT2D eigenvalue weighted by Crippen LogP contribution is 2.02. The summed E-state index contributed by atoms with van der Waals surface area (Å²) < 4.78 is 0. The molecule has 0 unspecified atom stereocenters. The Morgan fingerprint density at radius 3 is 2.58 bits per heavy atom. The molecule has 7 heteroatoms. The van der Waals surface area contributed by atoms with Gasteiger partial charge in [0, 0.05) is 17.7 Å². The number of nitrogens with one attached hydrogen (secondary N) is 2. The van der Waals surface area contributed by atoms with Crippen molar-refractivity contribution in [2.75, 3.05) is 0 Å². The van der Waals surface area contributed by atoms with E-state index in [-0.39, 0.29) is 18.4 Å². The van der Waals surface area contributed by atoms with Gasteiger partial charge in [-0.1, -0.05) is 0 Å². The number of aromatic nitrogens is 2. The van der Waals surface area contributed by atoms with Crippen molar-refractivity contribution in [2.45, 2.75) is 39.7 Å². The van der Waals surface area contributed by atoms with E-state index in [4.69, 9.17) is 5.11 Å². The van der Waals surface area contributed by atoms with Gasteiger partial charge in [0.1, 0.15) is 11.9 Å². The molecule has 104 valence electrons. The molecule has 0 radical (unpaired) electrons. The molecule has 1 aromatic heterocycles. The molecule has 0 fully saturated rings. The van der Waals surface area contributed by atoms with Gasteiger partial charge in [-0.25, -0.2) is 4.98 Å². The van der Waals surface area contributed by atoms with Gasteiger partial charge in [0.15, 0.2) is 0 Å². The largest absolute Gasteiger partial charge is 0.480 e. The molecule has 0 aliphatic rings. The van der Waals surface area contributed by atoms with E-state index < -0.39 is 17.9 Å². The Bertz CT molecular complexity index is 550. The van der Waals surface area contributed by atoms with Crippen LogP contribution in [0.3, 0.4) is 0 Å². The molecule has 0 bridgehead atoms. The normalized spacial score (nSPS) is 11.9. The third-order valence-corrected chi connectivity index (χ3v) is 2.69. The summed E-state index contributed by atoms with van der Waals surface area (Å²) in [6, 6.07) is -0.942. The number of hydrogen-bond donors (Lipinski definition) is 3. The molecule has 1 rings (SSSR count). The molecule has 1 amide bonds. The lowest BCUT2D eigenvalue weighted by Crippen LogP contribution is -2.38. The van der Waals surface area contributed by atoms with Gasteiger partial charge in [0.2, 0.25) is 5.91 Å². The van der Waals surface area contributed by atoms with Crippen molar-refractivity contribution in [3.8, 4) is 0 Å². The van der Waals surface area contributed by atoms with Gasteiger partial charge >= 0.3 is 5.97 Å². The Labute approximate surface area is 110 Å². The van der Waals surface area contributed by atoms with Crippen LogP contribution < -0.4 is 10.9 Å². The number of carbonyl (C=O) groups excluding carboxylic acids is 1. The fourth-order valence-corrected chi connectivity index (χ4v) is 1.66. The Balaban J connectivity index is 2.65. The zero-order valence-corrected chi connectivity index (χ0v) is 11.1. The molecule has 0 saturated heterocycles. The summed E-state index contributed by atoms with van der Waals surface area (Å²) in [7, 11) is 0. The van der Waals surface area contributed by atoms with Crippen molar-refractivity contribution in [2.24, 2.45) is 0 Å². The minimum atomic E-state index is -1.10. The predicted molar refractivity (Wildman–Crippen MR) is 67.9 cm³/mol. The molecule has 0 saturated carbocycles. The first-order valence-electron chi connectivity index (χ1n) is 5.90. The van der Waals surface area contributed by atoms with E-state index in [2.05, 4.69) is 15.3 Å². The summed E-state index contributed by atoms with van der Waals surface area (Å²) in [5.74, 6) is -0.983. The molecule has 1 atom stereocenters. The zero-order valence-electron chi connectivity index (χ0n) is 11.1. The number of carboxylic acid groups (broad SMARTS) is 1. The summed E-state index contributed by atoms with van der Waals surface area (Å²) in [6.07, 6.45) is 0.277. The number of carboxylic acids is 1. The average molecular weight is 267 g/mol. The van der Waals surface area contributed by atoms with Crippen molar-refractivity contribution < 1.29 is 14.7 Å². The number of amides is 1. The first-order chi connectivity index (χ1) is 8.81. The molecule has 19 heavy (non-hydrogen) atoms. The molecule has 0 aromatic carbocycles. The number of aliphatic carboxylic acids is 1. The van der Waals surface area contributed by atoms with Gasteiger partial charge in [-0.2, -0.15) is 0 Å². The Hall–Kier alpha value is -2.18. The maximum Gasteiger partial charge on any atom is 0.325 e. The van der Waals surface area contributed by atoms with Crippen LogP contribution in [0.5, 0.6) is 0 Å². The van der Waals surface area contributed by atoms with Crippen LogP contribution in [-0.2, 0) is 16.0 Å². The van der Waals surface area contributed by atoms with E-state index in [1.54, 1.807) is 13.8 Å². The topological polar surface area (TPSA) is 112 Å². The van der Waals surface area contributed by atoms with E-state index in [9.17, 15) is 14.4 Å². The van der Waals surface area contributed by atoms with Gasteiger partial charge in [-0.3, -0.25) is 14.4 Å². The van der Waals surface area contributed by atoms with Gasteiger partial charge < -0.3 is 15.4 Å². The molecule has 0 aliphatic carbocycles. The third kappa shape index (κ3) is 4.20. The maximum atomic E-state index is 11.7. The van der Waals surface area contributed by atoms with Crippen LogP contribution in [-0.4, -0.2) is 33.0 Å². The number of aryl methyl sites for hydroxylation is 2. The fraction of sp³-hybridized carbons (Fsp3) is 0.500. The molecule has 1 heterocycles. The number of carbonyl (C=O) groups is 2. The average Bonchev–Trinajstić information content (AvgIpc) is 2.27. The number of rotatable bonds is 5. The molecule has 0 aliphatic heterocycles. The summed E-state index contributed by atoms with van der Waals surface area (Å²) in [6.45, 7) is 4.76. The van der Waals surface area contributed by atoms with Gasteiger partial charge in [0.05, 0.1) is 0 Å². The van der Waals surface area contributed by atoms with Gasteiger partial charge in [0.25, 0.3) is 5.56 Å². The van der Waals surface area contributed by atoms with Crippen LogP contribution in [0.4, 0.5) is 0 Å². The Morgan fingerprint density at radius 1 is 1.42 bits per heavy atom. The van der Waals surface area contributed by atoms with Crippen molar-refractivity contribution in [1.82, 2.24) is 15.3 Å². The van der Waals surface area contributed by atoms with E-state index in [1.165, 1.54) is 6.92 Å². The summed E-state index contributed by atoms with van der Waals surface area (Å²) >= 11 is 0. The van der Waals surface area contributed by atoms with Crippen LogP contribution in [0, 0.1) is 13.8 Å². The first-order valence-corrected chi connectivity index (χ1v) is 5.90. The highest BCUT2D eigenvalue weighted by molar-refractivity contribution is 5.83. The highest BCUT2D eigenvalue weighted by atomic mass is 16.4. The van der Waals surface area contributed by atoms with Gasteiger partial charge in [-0.05, 0) is 27.2 Å². The van der Waals surface area contributed by atoms with E-state index in [0.717, 1.165) is 0 Å². The lowest BCUT2D eigenvalue weighted by molar-refractivity contribution is -0.141. The second-order valence-electron chi connectivity index (χ2n) is 4.34. The molecular weight excluding hydrogens is 250 g/mol. The van der Waals surface area contributed by atoms with Crippen molar-refractivity contribution in [3.05, 3.63) is 27.4 Å². The number of nitrogens with zero attached hydrogens (tertiary/aromatic N) is 1. The number of H-pyrrole nitrogens is 1. The van der Waals surface area contributed by atoms with Crippen LogP contribution in [0.15, 0.2) is 4.79 Å². The van der Waals surface area contributed by atoms with Gasteiger partial charge in [-0.15, -0.1) is 0 Å². The molecule has 7 nitrogen and oxygen atoms in total. The molecule has 1 aromatic rings. The van der Waals surface area contributed by atoms with Crippen molar-refractivity contribution in [3.63, 3.8) is 0 Å². The summed E-state index contributed by atoms with van der Waals surface area (Å²) in [5.41, 5.74) is 0.771. The van der Waals surface area contributed by atoms with Crippen molar-refractivity contribution >= 4 is 11.9 Å². The highest BCUT2D eigenvalue weighted by Gasteiger charge is 2.15. The Morgan fingerprint density at radius 2 is 2.05 bits per heavy atom. The standard InChI is InChI=1S/C12H17N3O4/c1-6-9(11(17)15-8(3)13-6)4-5-10(16)14-7(2)12(18)19/h7H,4-5H2,1-3H3,(H,14,16)(H,18,19)(H,13,15,17)/t7-/m1/s1. The first kappa shape index (κ1) is 14.9. The second-order valence-corrected chi connectivity index (χ2v) is 4.34. The molecule has 0 spiro atoms. The lowest BCUT2D eigenvalue weighted by atomic mass is 10.1. The number of aromatic amines is 1. The van der Waals surface area contributed by atoms with Crippen LogP contribution in [0.2, 0.25) is 0 Å². The maximum absolute atomic E-state index is 11.7. The second kappa shape index (κ2) is 6.12. The summed E-state index contributed by atoms with van der Waals surface area (Å²) in [5, 5.41) is 11.0. The molecular formula is C12H17N3O4. The van der Waals surface area contributed by atoms with Crippen LogP contribution in [0.25, 0.3) is 0 Å². The quantitative estimate of drug-likeness (QED) is 0.690. The minimum absolute atomic E-state index is 0.0479. The SMILES string of the molecule is Cc1nc(C)c(CCC(=O)N[C@H](C)C(=O)O)c(=O)[nH]1. The fourth-order valence-electron chi connectivity index (χ4n) is 1.66. The van der Waals surface area contributed by atoms with Crippen molar-refractivity contribution in [1.29, 1.82) is 0 Å². The van der Waals surface area contributed by atoms with E-state index in [0.29, 0.717) is 17.1 Å². The number of hydrogen-bond acceptors (Lipinski definition) is 4. The minimum Gasteiger partial charge on any atom is -0.480 e. The monoisotopic (exact) mass is 267 g/mol. The van der Waals surface area contributed by atoms with Crippen LogP contribution >= 0.6 is 0 Å². The molecule has 3 N–H and O–H groups in total. The van der Waals surface area contributed by atoms with E-state index >= 15 is 0 Å². The smallest absolute Gasteiger partial charge is 0.325 e. The van der Waals surface area contributed by atoms with Crippen LogP contribution in [0.1, 0.15) is 30.4 Å². The predicted octanol–water partition coefficient (Wildman–Crippen LogP) is -0.0914. The van der Waals surface area contributed by atoms with E-state index in [1.807, 2.05) is 0 Å². The third-order valence-electron chi connectivity index (χ3n) is 2.69. The lowest BCUT2D eigenvalue weighted by Gasteiger charge is -2.09. The summed E-state index contributed by atoms with van der Waals surface area (Å²) in [4.78, 5) is 40.5. The zero-order chi connectivity index (χ0) is 14.6.